The zero-order valence-electron chi connectivity index (χ0n) is 12.7. The Bertz CT molecular complexity index is 845. The van der Waals surface area contributed by atoms with E-state index in [2.05, 4.69) is 15.3 Å². The summed E-state index contributed by atoms with van der Waals surface area (Å²) in [4.78, 5) is 22.5. The maximum Gasteiger partial charge on any atom is 0.188 e. The summed E-state index contributed by atoms with van der Waals surface area (Å²) in [6.45, 7) is 3.54. The highest BCUT2D eigenvalue weighted by molar-refractivity contribution is 7.99. The van der Waals surface area contributed by atoms with Crippen molar-refractivity contribution >= 4 is 39.8 Å². The van der Waals surface area contributed by atoms with Crippen molar-refractivity contribution < 1.29 is 4.79 Å². The maximum atomic E-state index is 11.8. The number of benzene rings is 1. The number of hydrogen-bond donors (Lipinski definition) is 1. The number of thiazole rings is 1. The van der Waals surface area contributed by atoms with Crippen molar-refractivity contribution in [2.45, 2.75) is 23.6 Å². The van der Waals surface area contributed by atoms with Crippen molar-refractivity contribution in [3.63, 3.8) is 0 Å². The molecule has 0 unspecified atom stereocenters. The van der Waals surface area contributed by atoms with Crippen LogP contribution < -0.4 is 5.32 Å². The number of carbonyl (C=O) groups excluding carboxylic acids is 1. The van der Waals surface area contributed by atoms with E-state index in [9.17, 15) is 4.79 Å². The number of aryl methyl sites for hydroxylation is 1. The molecule has 0 aliphatic rings. The number of carbonyl (C=O) groups is 1. The lowest BCUT2D eigenvalue weighted by Crippen LogP contribution is -1.97. The normalized spacial score (nSPS) is 10.5. The molecule has 0 aliphatic carbocycles. The minimum absolute atomic E-state index is 0.0575. The molecule has 0 saturated heterocycles. The number of pyridine rings is 1. The second-order valence-corrected chi connectivity index (χ2v) is 6.87. The fraction of sp³-hybridized carbons (Fsp3) is 0.118. The molecule has 0 spiro atoms. The first kappa shape index (κ1) is 15.7. The SMILES string of the molecule is CC(=O)c1ccccc1Sc1cccnc1Nc1nc(C)cs1. The topological polar surface area (TPSA) is 54.9 Å². The highest BCUT2D eigenvalue weighted by atomic mass is 32.2. The third-order valence-corrected chi connectivity index (χ3v) is 5.10. The van der Waals surface area contributed by atoms with Gasteiger partial charge in [0.1, 0.15) is 5.82 Å². The van der Waals surface area contributed by atoms with Gasteiger partial charge in [0.25, 0.3) is 0 Å². The number of nitrogens with one attached hydrogen (secondary N) is 1. The van der Waals surface area contributed by atoms with Gasteiger partial charge in [-0.15, -0.1) is 11.3 Å². The van der Waals surface area contributed by atoms with E-state index >= 15 is 0 Å². The Labute approximate surface area is 143 Å². The van der Waals surface area contributed by atoms with Gasteiger partial charge in [-0.1, -0.05) is 30.0 Å². The second-order valence-electron chi connectivity index (χ2n) is 4.92. The Balaban J connectivity index is 1.91. The van der Waals surface area contributed by atoms with Crippen LogP contribution in [0.1, 0.15) is 23.0 Å². The van der Waals surface area contributed by atoms with E-state index < -0.39 is 0 Å². The Hall–Kier alpha value is -2.18. The van der Waals surface area contributed by atoms with Gasteiger partial charge in [-0.05, 0) is 32.0 Å². The van der Waals surface area contributed by atoms with Gasteiger partial charge in [0.05, 0.1) is 10.6 Å². The molecular weight excluding hydrogens is 326 g/mol. The van der Waals surface area contributed by atoms with Crippen LogP contribution in [-0.4, -0.2) is 15.8 Å². The summed E-state index contributed by atoms with van der Waals surface area (Å²) in [7, 11) is 0. The molecule has 0 radical (unpaired) electrons. The Kier molecular flexibility index (Phi) is 4.73. The van der Waals surface area contributed by atoms with Gasteiger partial charge in [0.15, 0.2) is 10.9 Å². The summed E-state index contributed by atoms with van der Waals surface area (Å²) in [5.74, 6) is 0.798. The van der Waals surface area contributed by atoms with E-state index in [1.165, 1.54) is 11.8 Å². The molecule has 23 heavy (non-hydrogen) atoms. The van der Waals surface area contributed by atoms with Crippen LogP contribution in [0, 0.1) is 6.92 Å². The summed E-state index contributed by atoms with van der Waals surface area (Å²) in [6.07, 6.45) is 1.74. The van der Waals surface area contributed by atoms with Gasteiger partial charge < -0.3 is 5.32 Å². The molecule has 0 fully saturated rings. The van der Waals surface area contributed by atoms with Crippen LogP contribution in [0.25, 0.3) is 0 Å². The zero-order chi connectivity index (χ0) is 16.2. The van der Waals surface area contributed by atoms with Crippen LogP contribution >= 0.6 is 23.1 Å². The molecule has 6 heteroatoms. The third kappa shape index (κ3) is 3.78. The van der Waals surface area contributed by atoms with E-state index in [1.807, 2.05) is 48.7 Å². The molecule has 0 saturated carbocycles. The van der Waals surface area contributed by atoms with E-state index in [1.54, 1.807) is 24.5 Å². The van der Waals surface area contributed by atoms with Gasteiger partial charge in [-0.2, -0.15) is 0 Å². The average Bonchev–Trinajstić information content (AvgIpc) is 2.95. The van der Waals surface area contributed by atoms with Gasteiger partial charge in [0, 0.05) is 22.0 Å². The maximum absolute atomic E-state index is 11.8. The van der Waals surface area contributed by atoms with Crippen molar-refractivity contribution in [3.05, 3.63) is 59.2 Å². The highest BCUT2D eigenvalue weighted by Crippen LogP contribution is 2.35. The first-order chi connectivity index (χ1) is 11.1. The van der Waals surface area contributed by atoms with Crippen LogP contribution in [0.5, 0.6) is 0 Å². The molecular formula is C17H15N3OS2. The molecule has 3 aromatic rings. The number of anilines is 2. The van der Waals surface area contributed by atoms with Crippen molar-refractivity contribution in [2.24, 2.45) is 0 Å². The average molecular weight is 341 g/mol. The minimum atomic E-state index is 0.0575. The largest absolute Gasteiger partial charge is 0.315 e. The van der Waals surface area contributed by atoms with Crippen molar-refractivity contribution in [1.82, 2.24) is 9.97 Å². The molecule has 3 rings (SSSR count). The fourth-order valence-electron chi connectivity index (χ4n) is 2.04. The lowest BCUT2D eigenvalue weighted by molar-refractivity contribution is 0.101. The first-order valence-corrected chi connectivity index (χ1v) is 8.75. The predicted molar refractivity (Wildman–Crippen MR) is 94.9 cm³/mol. The summed E-state index contributed by atoms with van der Waals surface area (Å²) < 4.78 is 0. The number of Topliss-reactive ketones (excluding diaryl/α,β-unsaturated/α-hetero) is 1. The standard InChI is InChI=1S/C17H15N3OS2/c1-11-10-22-17(19-11)20-16-15(8-5-9-18-16)23-14-7-4-3-6-13(14)12(2)21/h3-10H,1-2H3,(H,18,19,20). The number of nitrogens with zero attached hydrogens (tertiary/aromatic N) is 2. The predicted octanol–water partition coefficient (Wildman–Crippen LogP) is 4.94. The van der Waals surface area contributed by atoms with Crippen molar-refractivity contribution in [1.29, 1.82) is 0 Å². The van der Waals surface area contributed by atoms with Gasteiger partial charge in [-0.3, -0.25) is 4.79 Å². The molecule has 0 bridgehead atoms. The van der Waals surface area contributed by atoms with Crippen molar-refractivity contribution in [3.8, 4) is 0 Å². The van der Waals surface area contributed by atoms with Crippen LogP contribution in [0.4, 0.5) is 10.9 Å². The number of rotatable bonds is 5. The zero-order valence-corrected chi connectivity index (χ0v) is 14.4. The van der Waals surface area contributed by atoms with Gasteiger partial charge in [-0.25, -0.2) is 9.97 Å². The van der Waals surface area contributed by atoms with Gasteiger partial charge >= 0.3 is 0 Å². The molecule has 0 amide bonds. The number of hydrogen-bond acceptors (Lipinski definition) is 6. The Morgan fingerprint density at radius 3 is 2.70 bits per heavy atom. The van der Waals surface area contributed by atoms with Crippen LogP contribution in [0.3, 0.4) is 0 Å². The third-order valence-electron chi connectivity index (χ3n) is 3.10. The van der Waals surface area contributed by atoms with Crippen LogP contribution in [0.15, 0.2) is 57.8 Å². The Morgan fingerprint density at radius 1 is 1.17 bits per heavy atom. The van der Waals surface area contributed by atoms with Crippen LogP contribution in [-0.2, 0) is 0 Å². The Morgan fingerprint density at radius 2 is 1.96 bits per heavy atom. The molecule has 2 aromatic heterocycles. The summed E-state index contributed by atoms with van der Waals surface area (Å²) in [5, 5.41) is 6.05. The number of aromatic nitrogens is 2. The van der Waals surface area contributed by atoms with E-state index in [4.69, 9.17) is 0 Å². The molecule has 1 N–H and O–H groups in total. The number of ketones is 1. The molecule has 116 valence electrons. The summed E-state index contributed by atoms with van der Waals surface area (Å²) >= 11 is 3.07. The molecule has 0 atom stereocenters. The van der Waals surface area contributed by atoms with Gasteiger partial charge in [0.2, 0.25) is 0 Å². The lowest BCUT2D eigenvalue weighted by atomic mass is 10.1. The second kappa shape index (κ2) is 6.93. The van der Waals surface area contributed by atoms with Crippen LogP contribution in [0.2, 0.25) is 0 Å². The fourth-order valence-corrected chi connectivity index (χ4v) is 3.78. The quantitative estimate of drug-likeness (QED) is 0.666. The summed E-state index contributed by atoms with van der Waals surface area (Å²) in [5.41, 5.74) is 1.70. The molecule has 2 heterocycles. The van der Waals surface area contributed by atoms with E-state index in [0.717, 1.165) is 32.0 Å². The lowest BCUT2D eigenvalue weighted by Gasteiger charge is -2.10. The van der Waals surface area contributed by atoms with E-state index in [-0.39, 0.29) is 5.78 Å². The minimum Gasteiger partial charge on any atom is -0.315 e. The molecule has 0 aliphatic heterocycles. The molecule has 1 aromatic carbocycles. The van der Waals surface area contributed by atoms with E-state index in [0.29, 0.717) is 0 Å². The highest BCUT2D eigenvalue weighted by Gasteiger charge is 2.12. The molecule has 4 nitrogen and oxygen atoms in total. The first-order valence-electron chi connectivity index (χ1n) is 7.05. The summed E-state index contributed by atoms with van der Waals surface area (Å²) in [6, 6.07) is 11.5. The smallest absolute Gasteiger partial charge is 0.188 e. The monoisotopic (exact) mass is 341 g/mol. The van der Waals surface area contributed by atoms with Crippen molar-refractivity contribution in [2.75, 3.05) is 5.32 Å².